The first kappa shape index (κ1) is 17.8. The quantitative estimate of drug-likeness (QED) is 0.771. The summed E-state index contributed by atoms with van der Waals surface area (Å²) in [7, 11) is 4.24. The molecule has 0 saturated carbocycles. The Labute approximate surface area is 147 Å². The third-order valence-electron chi connectivity index (χ3n) is 3.76. The first-order chi connectivity index (χ1) is 11.0. The monoisotopic (exact) mass is 351 g/mol. The van der Waals surface area contributed by atoms with Crippen LogP contribution in [0.15, 0.2) is 47.5 Å². The molecule has 0 aliphatic heterocycles. The number of halogens is 2. The molecule has 2 aromatic rings. The average Bonchev–Trinajstić information content (AvgIpc) is 2.51. The number of benzene rings is 2. The summed E-state index contributed by atoms with van der Waals surface area (Å²) in [4.78, 5) is 5.81. The molecule has 5 heteroatoms. The van der Waals surface area contributed by atoms with E-state index in [0.717, 1.165) is 6.42 Å². The van der Waals surface area contributed by atoms with Crippen LogP contribution in [0, 0.1) is 0 Å². The molecule has 0 spiro atoms. The zero-order valence-corrected chi connectivity index (χ0v) is 14.8. The molecule has 1 atom stereocenters. The predicted octanol–water partition coefficient (Wildman–Crippen LogP) is 2.87. The fourth-order valence-corrected chi connectivity index (χ4v) is 2.82. The van der Waals surface area contributed by atoms with Crippen molar-refractivity contribution < 1.29 is 10.0 Å². The lowest BCUT2D eigenvalue weighted by atomic mass is 10.1. The van der Waals surface area contributed by atoms with Crippen molar-refractivity contribution >= 4 is 29.4 Å². The summed E-state index contributed by atoms with van der Waals surface area (Å²) in [6.45, 7) is 0.654. The molecule has 0 saturated heterocycles. The predicted molar refractivity (Wildman–Crippen MR) is 97.3 cm³/mol. The third-order valence-corrected chi connectivity index (χ3v) is 4.26. The number of aliphatic imine (C=N–C) groups is 1. The maximum Gasteiger partial charge on any atom is 0.143 e. The van der Waals surface area contributed by atoms with Crippen LogP contribution in [-0.4, -0.2) is 38.0 Å². The van der Waals surface area contributed by atoms with E-state index in [2.05, 4.69) is 31.2 Å². The Hall–Kier alpha value is -1.55. The largest absolute Gasteiger partial charge is 0.506 e. The summed E-state index contributed by atoms with van der Waals surface area (Å²) < 4.78 is 0. The highest BCUT2D eigenvalue weighted by molar-refractivity contribution is 6.36. The van der Waals surface area contributed by atoms with E-state index >= 15 is 0 Å². The first-order valence-corrected chi connectivity index (χ1v) is 8.24. The Morgan fingerprint density at radius 2 is 1.87 bits per heavy atom. The number of hydrogen-bond donors (Lipinski definition) is 2. The lowest BCUT2D eigenvalue weighted by Gasteiger charge is -2.19. The highest BCUT2D eigenvalue weighted by Crippen LogP contribution is 2.29. The van der Waals surface area contributed by atoms with E-state index in [0.29, 0.717) is 23.2 Å². The van der Waals surface area contributed by atoms with Crippen molar-refractivity contribution in [2.24, 2.45) is 4.99 Å². The molecular weight excluding hydrogens is 331 g/mol. The van der Waals surface area contributed by atoms with Gasteiger partial charge in [-0.05, 0) is 17.7 Å². The molecular formula is C18H21Cl2N2O+. The normalized spacial score (nSPS) is 12.9. The molecule has 0 aliphatic rings. The van der Waals surface area contributed by atoms with Gasteiger partial charge in [-0.15, -0.1) is 0 Å². The number of aromatic hydroxyl groups is 1. The molecule has 0 fully saturated rings. The number of likely N-dealkylation sites (N-methyl/N-ethyl adjacent to an activating group) is 1. The fraction of sp³-hybridized carbons (Fsp3) is 0.278. The first-order valence-electron chi connectivity index (χ1n) is 7.49. The Bertz CT molecular complexity index is 672. The molecule has 2 rings (SSSR count). The summed E-state index contributed by atoms with van der Waals surface area (Å²) in [5.41, 5.74) is 1.83. The van der Waals surface area contributed by atoms with Gasteiger partial charge in [0, 0.05) is 23.2 Å². The van der Waals surface area contributed by atoms with E-state index in [1.165, 1.54) is 16.5 Å². The lowest BCUT2D eigenvalue weighted by Crippen LogP contribution is -3.11. The number of hydrogen-bond acceptors (Lipinski definition) is 2. The van der Waals surface area contributed by atoms with E-state index in [9.17, 15) is 5.11 Å². The molecule has 2 aromatic carbocycles. The van der Waals surface area contributed by atoms with Gasteiger partial charge < -0.3 is 10.0 Å². The standard InChI is InChI=1S/C18H20Cl2N2O/c1-22(2)16(8-13-6-4-3-5-7-13)12-21-11-14-9-15(19)10-17(20)18(14)23/h3-7,9-11,16,23H,8,12H2,1-2H3/p+1/t16-/m1/s1. The van der Waals surface area contributed by atoms with E-state index in [-0.39, 0.29) is 10.8 Å². The summed E-state index contributed by atoms with van der Waals surface area (Å²) in [6, 6.07) is 13.9. The molecule has 23 heavy (non-hydrogen) atoms. The molecule has 0 bridgehead atoms. The van der Waals surface area contributed by atoms with Crippen LogP contribution in [-0.2, 0) is 6.42 Å². The van der Waals surface area contributed by atoms with Crippen LogP contribution in [0.3, 0.4) is 0 Å². The van der Waals surface area contributed by atoms with Crippen molar-refractivity contribution in [3.63, 3.8) is 0 Å². The van der Waals surface area contributed by atoms with Crippen molar-refractivity contribution in [2.45, 2.75) is 12.5 Å². The highest BCUT2D eigenvalue weighted by atomic mass is 35.5. The highest BCUT2D eigenvalue weighted by Gasteiger charge is 2.15. The maximum atomic E-state index is 9.94. The minimum atomic E-state index is 0.0108. The van der Waals surface area contributed by atoms with Crippen molar-refractivity contribution in [1.82, 2.24) is 0 Å². The van der Waals surface area contributed by atoms with Gasteiger partial charge >= 0.3 is 0 Å². The summed E-state index contributed by atoms with van der Waals surface area (Å²) in [5, 5.41) is 10.7. The second-order valence-corrected chi connectivity index (χ2v) is 6.63. The maximum absolute atomic E-state index is 9.94. The number of nitrogens with zero attached hydrogens (tertiary/aromatic N) is 1. The van der Waals surface area contributed by atoms with Gasteiger partial charge in [-0.2, -0.15) is 0 Å². The lowest BCUT2D eigenvalue weighted by molar-refractivity contribution is -0.883. The Morgan fingerprint density at radius 1 is 1.17 bits per heavy atom. The second kappa shape index (κ2) is 8.34. The zero-order valence-electron chi connectivity index (χ0n) is 13.3. The van der Waals surface area contributed by atoms with E-state index in [1.54, 1.807) is 12.3 Å². The minimum absolute atomic E-state index is 0.0108. The zero-order chi connectivity index (χ0) is 16.8. The van der Waals surface area contributed by atoms with Crippen molar-refractivity contribution in [3.8, 4) is 5.75 Å². The summed E-state index contributed by atoms with van der Waals surface area (Å²) in [5.74, 6) is 0.0108. The SMILES string of the molecule is C[NH+](C)[C@@H](CN=Cc1cc(Cl)cc(Cl)c1O)Cc1ccccc1. The molecule has 0 amide bonds. The molecule has 0 unspecified atom stereocenters. The van der Waals surface area contributed by atoms with Crippen LogP contribution in [0.4, 0.5) is 0 Å². The molecule has 122 valence electrons. The second-order valence-electron chi connectivity index (χ2n) is 5.78. The van der Waals surface area contributed by atoms with Crippen molar-refractivity contribution in [2.75, 3.05) is 20.6 Å². The number of nitrogens with one attached hydrogen (secondary N) is 1. The molecule has 0 heterocycles. The Balaban J connectivity index is 2.07. The van der Waals surface area contributed by atoms with Crippen LogP contribution in [0.1, 0.15) is 11.1 Å². The van der Waals surface area contributed by atoms with Gasteiger partial charge in [-0.3, -0.25) is 4.99 Å². The van der Waals surface area contributed by atoms with Gasteiger partial charge in [0.2, 0.25) is 0 Å². The Kier molecular flexibility index (Phi) is 6.46. The summed E-state index contributed by atoms with van der Waals surface area (Å²) in [6.07, 6.45) is 2.58. The molecule has 2 N–H and O–H groups in total. The van der Waals surface area contributed by atoms with Crippen LogP contribution in [0.2, 0.25) is 10.0 Å². The van der Waals surface area contributed by atoms with Crippen molar-refractivity contribution in [1.29, 1.82) is 0 Å². The van der Waals surface area contributed by atoms with Gasteiger partial charge in [0.1, 0.15) is 11.8 Å². The van der Waals surface area contributed by atoms with Gasteiger partial charge in [-0.25, -0.2) is 0 Å². The molecule has 0 radical (unpaired) electrons. The van der Waals surface area contributed by atoms with Gasteiger partial charge in [0.15, 0.2) is 0 Å². The van der Waals surface area contributed by atoms with Gasteiger partial charge in [-0.1, -0.05) is 53.5 Å². The van der Waals surface area contributed by atoms with Gasteiger partial charge in [0.25, 0.3) is 0 Å². The van der Waals surface area contributed by atoms with Crippen LogP contribution in [0.25, 0.3) is 0 Å². The van der Waals surface area contributed by atoms with Crippen molar-refractivity contribution in [3.05, 3.63) is 63.6 Å². The number of phenols is 1. The van der Waals surface area contributed by atoms with Crippen LogP contribution >= 0.6 is 23.2 Å². The minimum Gasteiger partial charge on any atom is -0.506 e. The third kappa shape index (κ3) is 5.24. The molecule has 0 aliphatic carbocycles. The topological polar surface area (TPSA) is 37.0 Å². The van der Waals surface area contributed by atoms with Crippen LogP contribution < -0.4 is 4.90 Å². The van der Waals surface area contributed by atoms with Crippen LogP contribution in [0.5, 0.6) is 5.75 Å². The number of phenolic OH excluding ortho intramolecular Hbond substituents is 1. The Morgan fingerprint density at radius 3 is 2.52 bits per heavy atom. The smallest absolute Gasteiger partial charge is 0.143 e. The van der Waals surface area contributed by atoms with Gasteiger partial charge in [0.05, 0.1) is 25.7 Å². The number of rotatable bonds is 6. The molecule has 3 nitrogen and oxygen atoms in total. The van der Waals surface area contributed by atoms with E-state index in [1.807, 2.05) is 18.2 Å². The van der Waals surface area contributed by atoms with E-state index < -0.39 is 0 Å². The number of quaternary nitrogens is 1. The average molecular weight is 352 g/mol. The summed E-state index contributed by atoms with van der Waals surface area (Å²) >= 11 is 11.9. The fourth-order valence-electron chi connectivity index (χ4n) is 2.31. The molecule has 0 aromatic heterocycles. The van der Waals surface area contributed by atoms with E-state index in [4.69, 9.17) is 23.2 Å².